The van der Waals surface area contributed by atoms with Crippen molar-refractivity contribution in [1.82, 2.24) is 9.78 Å². The van der Waals surface area contributed by atoms with Crippen molar-refractivity contribution in [2.45, 2.75) is 33.4 Å². The summed E-state index contributed by atoms with van der Waals surface area (Å²) in [5.41, 5.74) is 2.63. The van der Waals surface area contributed by atoms with Gasteiger partial charge in [0.15, 0.2) is 0 Å². The van der Waals surface area contributed by atoms with Gasteiger partial charge in [0.05, 0.1) is 0 Å². The van der Waals surface area contributed by atoms with E-state index in [0.717, 1.165) is 25.3 Å². The Hall–Kier alpha value is -1.77. The lowest BCUT2D eigenvalue weighted by Gasteiger charge is -2.06. The fourth-order valence-electron chi connectivity index (χ4n) is 1.80. The predicted octanol–water partition coefficient (Wildman–Crippen LogP) is 3.21. The zero-order valence-corrected chi connectivity index (χ0v) is 10.5. The third-order valence-corrected chi connectivity index (χ3v) is 2.81. The molecule has 17 heavy (non-hydrogen) atoms. The van der Waals surface area contributed by atoms with Gasteiger partial charge in [0, 0.05) is 25.4 Å². The Labute approximate surface area is 102 Å². The van der Waals surface area contributed by atoms with E-state index in [2.05, 4.69) is 48.5 Å². The second kappa shape index (κ2) is 5.53. The van der Waals surface area contributed by atoms with Crippen molar-refractivity contribution in [3.63, 3.8) is 0 Å². The van der Waals surface area contributed by atoms with E-state index in [0.29, 0.717) is 0 Å². The minimum Gasteiger partial charge on any atom is -0.365 e. The maximum Gasteiger partial charge on any atom is 0.148 e. The molecular formula is C14H19N3. The van der Waals surface area contributed by atoms with E-state index in [1.807, 2.05) is 16.9 Å². The molecule has 0 aliphatic carbocycles. The van der Waals surface area contributed by atoms with Crippen molar-refractivity contribution in [1.29, 1.82) is 0 Å². The first-order valence-corrected chi connectivity index (χ1v) is 6.11. The fourth-order valence-corrected chi connectivity index (χ4v) is 1.80. The fraction of sp³-hybridized carbons (Fsp3) is 0.357. The summed E-state index contributed by atoms with van der Waals surface area (Å²) in [6.07, 6.45) is 3.13. The summed E-state index contributed by atoms with van der Waals surface area (Å²) in [7, 11) is 0. The van der Waals surface area contributed by atoms with Crippen LogP contribution in [-0.4, -0.2) is 9.78 Å². The van der Waals surface area contributed by atoms with Crippen LogP contribution in [0, 0.1) is 6.92 Å². The number of benzene rings is 1. The van der Waals surface area contributed by atoms with Gasteiger partial charge in [-0.1, -0.05) is 31.2 Å². The van der Waals surface area contributed by atoms with Crippen LogP contribution in [0.4, 0.5) is 5.82 Å². The average Bonchev–Trinajstić information content (AvgIpc) is 2.76. The zero-order valence-electron chi connectivity index (χ0n) is 10.5. The van der Waals surface area contributed by atoms with E-state index in [-0.39, 0.29) is 0 Å². The first kappa shape index (κ1) is 11.7. The first-order chi connectivity index (χ1) is 8.29. The van der Waals surface area contributed by atoms with E-state index in [1.165, 1.54) is 11.1 Å². The molecule has 1 N–H and O–H groups in total. The van der Waals surface area contributed by atoms with Crippen LogP contribution in [-0.2, 0) is 13.1 Å². The predicted molar refractivity (Wildman–Crippen MR) is 71.0 cm³/mol. The van der Waals surface area contributed by atoms with Gasteiger partial charge in [-0.2, -0.15) is 5.10 Å². The smallest absolute Gasteiger partial charge is 0.148 e. The minimum atomic E-state index is 0.829. The number of aromatic nitrogens is 2. The summed E-state index contributed by atoms with van der Waals surface area (Å²) in [5.74, 6) is 0.946. The quantitative estimate of drug-likeness (QED) is 0.853. The Morgan fingerprint density at radius 2 is 2.06 bits per heavy atom. The lowest BCUT2D eigenvalue weighted by Crippen LogP contribution is -2.03. The number of nitrogens with one attached hydrogen (secondary N) is 1. The van der Waals surface area contributed by atoms with Crippen LogP contribution in [0.15, 0.2) is 36.5 Å². The Morgan fingerprint density at radius 1 is 1.24 bits per heavy atom. The van der Waals surface area contributed by atoms with Crippen LogP contribution in [0.5, 0.6) is 0 Å². The maximum atomic E-state index is 4.45. The van der Waals surface area contributed by atoms with Gasteiger partial charge in [0.1, 0.15) is 5.82 Å². The highest BCUT2D eigenvalue weighted by Gasteiger charge is 1.99. The van der Waals surface area contributed by atoms with Crippen molar-refractivity contribution in [3.05, 3.63) is 47.7 Å². The molecule has 2 rings (SSSR count). The summed E-state index contributed by atoms with van der Waals surface area (Å²) in [5, 5.41) is 7.80. The van der Waals surface area contributed by atoms with Gasteiger partial charge < -0.3 is 5.32 Å². The Morgan fingerprint density at radius 3 is 2.82 bits per heavy atom. The highest BCUT2D eigenvalue weighted by molar-refractivity contribution is 5.35. The monoisotopic (exact) mass is 229 g/mol. The van der Waals surface area contributed by atoms with E-state index in [9.17, 15) is 0 Å². The van der Waals surface area contributed by atoms with Gasteiger partial charge in [-0.05, 0) is 24.5 Å². The highest BCUT2D eigenvalue weighted by atomic mass is 15.3. The number of hydrogen-bond donors (Lipinski definition) is 1. The molecular weight excluding hydrogens is 210 g/mol. The summed E-state index contributed by atoms with van der Waals surface area (Å²) in [6.45, 7) is 6.09. The van der Waals surface area contributed by atoms with E-state index in [1.54, 1.807) is 0 Å². The molecule has 3 heteroatoms. The van der Waals surface area contributed by atoms with Crippen molar-refractivity contribution in [3.8, 4) is 0 Å². The molecule has 0 atom stereocenters. The van der Waals surface area contributed by atoms with Gasteiger partial charge >= 0.3 is 0 Å². The summed E-state index contributed by atoms with van der Waals surface area (Å²) >= 11 is 0. The van der Waals surface area contributed by atoms with E-state index < -0.39 is 0 Å². The van der Waals surface area contributed by atoms with E-state index >= 15 is 0 Å². The lowest BCUT2D eigenvalue weighted by molar-refractivity contribution is 0.604. The number of nitrogens with zero attached hydrogens (tertiary/aromatic N) is 2. The molecule has 1 aromatic heterocycles. The molecule has 0 unspecified atom stereocenters. The second-order valence-corrected chi connectivity index (χ2v) is 4.24. The molecule has 0 fully saturated rings. The second-order valence-electron chi connectivity index (χ2n) is 4.24. The topological polar surface area (TPSA) is 29.9 Å². The van der Waals surface area contributed by atoms with Crippen molar-refractivity contribution in [2.24, 2.45) is 0 Å². The number of anilines is 1. The molecule has 0 amide bonds. The molecule has 0 aliphatic heterocycles. The molecule has 1 heterocycles. The number of rotatable bonds is 5. The van der Waals surface area contributed by atoms with E-state index in [4.69, 9.17) is 0 Å². The molecule has 0 aliphatic rings. The lowest BCUT2D eigenvalue weighted by atomic mass is 10.1. The number of hydrogen-bond acceptors (Lipinski definition) is 2. The normalized spacial score (nSPS) is 10.5. The molecule has 90 valence electrons. The summed E-state index contributed by atoms with van der Waals surface area (Å²) < 4.78 is 1.97. The Kier molecular flexibility index (Phi) is 3.81. The molecule has 1 aromatic carbocycles. The van der Waals surface area contributed by atoms with Crippen molar-refractivity contribution >= 4 is 5.82 Å². The Bertz CT molecular complexity index is 474. The SMILES string of the molecule is CCCn1ccc(NCc2ccccc2C)n1. The maximum absolute atomic E-state index is 4.45. The summed E-state index contributed by atoms with van der Waals surface area (Å²) in [6, 6.07) is 10.4. The first-order valence-electron chi connectivity index (χ1n) is 6.11. The van der Waals surface area contributed by atoms with Crippen LogP contribution >= 0.6 is 0 Å². The Balaban J connectivity index is 1.95. The largest absolute Gasteiger partial charge is 0.365 e. The minimum absolute atomic E-state index is 0.829. The third-order valence-electron chi connectivity index (χ3n) is 2.81. The summed E-state index contributed by atoms with van der Waals surface area (Å²) in [4.78, 5) is 0. The molecule has 0 saturated heterocycles. The van der Waals surface area contributed by atoms with Gasteiger partial charge in [0.25, 0.3) is 0 Å². The highest BCUT2D eigenvalue weighted by Crippen LogP contribution is 2.10. The standard InChI is InChI=1S/C14H19N3/c1-3-9-17-10-8-14(16-17)15-11-13-7-5-4-6-12(13)2/h4-8,10H,3,9,11H2,1-2H3,(H,15,16). The third kappa shape index (κ3) is 3.09. The van der Waals surface area contributed by atoms with Crippen LogP contribution < -0.4 is 5.32 Å². The average molecular weight is 229 g/mol. The van der Waals surface area contributed by atoms with Crippen LogP contribution in [0.1, 0.15) is 24.5 Å². The molecule has 0 radical (unpaired) electrons. The number of aryl methyl sites for hydroxylation is 2. The van der Waals surface area contributed by atoms with Crippen molar-refractivity contribution < 1.29 is 0 Å². The molecule has 0 saturated carbocycles. The van der Waals surface area contributed by atoms with Crippen LogP contribution in [0.25, 0.3) is 0 Å². The van der Waals surface area contributed by atoms with Gasteiger partial charge in [-0.15, -0.1) is 0 Å². The molecule has 0 spiro atoms. The molecule has 0 bridgehead atoms. The zero-order chi connectivity index (χ0) is 12.1. The van der Waals surface area contributed by atoms with Gasteiger partial charge in [-0.25, -0.2) is 0 Å². The van der Waals surface area contributed by atoms with Crippen molar-refractivity contribution in [2.75, 3.05) is 5.32 Å². The van der Waals surface area contributed by atoms with Crippen LogP contribution in [0.2, 0.25) is 0 Å². The molecule has 3 nitrogen and oxygen atoms in total. The molecule has 2 aromatic rings. The van der Waals surface area contributed by atoms with Gasteiger partial charge in [-0.3, -0.25) is 4.68 Å². The van der Waals surface area contributed by atoms with Gasteiger partial charge in [0.2, 0.25) is 0 Å². The van der Waals surface area contributed by atoms with Crippen LogP contribution in [0.3, 0.4) is 0 Å².